The van der Waals surface area contributed by atoms with Crippen LogP contribution in [0.25, 0.3) is 21.8 Å². The van der Waals surface area contributed by atoms with E-state index in [4.69, 9.17) is 52.3 Å². The van der Waals surface area contributed by atoms with Crippen molar-refractivity contribution < 1.29 is 38.1 Å². The lowest BCUT2D eigenvalue weighted by Gasteiger charge is -2.32. The lowest BCUT2D eigenvalue weighted by Crippen LogP contribution is -2.39. The van der Waals surface area contributed by atoms with Gasteiger partial charge in [-0.15, -0.1) is 0 Å². The average Bonchev–Trinajstić information content (AvgIpc) is 4.03. The van der Waals surface area contributed by atoms with Crippen molar-refractivity contribution in [2.45, 2.75) is 90.5 Å². The van der Waals surface area contributed by atoms with Crippen molar-refractivity contribution >= 4 is 68.4 Å². The van der Waals surface area contributed by atoms with E-state index in [0.717, 1.165) is 109 Å². The molecule has 0 aliphatic carbocycles. The number of Topliss-reactive ketones (excluding diaryl/α,β-unsaturated/α-hetero) is 2. The summed E-state index contributed by atoms with van der Waals surface area (Å²) in [7, 11) is 0. The predicted octanol–water partition coefficient (Wildman–Crippen LogP) is 9.86. The van der Waals surface area contributed by atoms with Crippen LogP contribution in [0, 0.1) is 25.7 Å². The third kappa shape index (κ3) is 12.8. The molecule has 4 fully saturated rings. The van der Waals surface area contributed by atoms with Crippen LogP contribution in [0.3, 0.4) is 0 Å². The standard InChI is InChI=1S/2C28H32ClN3O4/c2*1-19-24(27(33)9-6-23-18-35-14-15-36-23)7-8-26-25(19)17-32(30-26)16-20-10-12-31(13-11-20)28(34)21-2-4-22(29)5-3-21/h2*2-5,7-8,17,20,23H,6,9-16,18H2,1H3/t2*23-/m10/s1. The zero-order valence-corrected chi connectivity index (χ0v) is 42.8. The molecule has 72 heavy (non-hydrogen) atoms. The number of ether oxygens (including phenoxy) is 4. The Labute approximate surface area is 430 Å². The minimum absolute atomic E-state index is 0.00221. The fourth-order valence-electron chi connectivity index (χ4n) is 10.3. The third-order valence-corrected chi connectivity index (χ3v) is 15.2. The summed E-state index contributed by atoms with van der Waals surface area (Å²) in [4.78, 5) is 55.2. The Bertz CT molecular complexity index is 2640. The number of aryl methyl sites for hydroxylation is 2. The molecule has 0 saturated carbocycles. The van der Waals surface area contributed by atoms with Gasteiger partial charge >= 0.3 is 0 Å². The lowest BCUT2D eigenvalue weighted by atomic mass is 9.96. The van der Waals surface area contributed by atoms with Crippen LogP contribution >= 0.6 is 23.2 Å². The van der Waals surface area contributed by atoms with E-state index in [1.54, 1.807) is 48.5 Å². The summed E-state index contributed by atoms with van der Waals surface area (Å²) in [6, 6.07) is 21.8. The van der Waals surface area contributed by atoms with Gasteiger partial charge in [0.05, 0.1) is 62.9 Å². The number of rotatable bonds is 14. The normalized spacial score (nSPS) is 19.1. The van der Waals surface area contributed by atoms with Crippen LogP contribution in [-0.2, 0) is 32.0 Å². The summed E-state index contributed by atoms with van der Waals surface area (Å²) < 4.78 is 26.2. The number of benzene rings is 4. The van der Waals surface area contributed by atoms with Gasteiger partial charge in [-0.1, -0.05) is 23.2 Å². The molecule has 6 aromatic rings. The average molecular weight is 1020 g/mol. The van der Waals surface area contributed by atoms with Crippen LogP contribution in [-0.4, -0.2) is 131 Å². The molecule has 0 spiro atoms. The van der Waals surface area contributed by atoms with Gasteiger partial charge in [-0.05, 0) is 148 Å². The van der Waals surface area contributed by atoms with Gasteiger partial charge in [0, 0.05) is 108 Å². The molecule has 4 aromatic carbocycles. The molecule has 380 valence electrons. The van der Waals surface area contributed by atoms with Crippen LogP contribution in [0.15, 0.2) is 85.2 Å². The van der Waals surface area contributed by atoms with Crippen LogP contribution in [0.4, 0.5) is 0 Å². The predicted molar refractivity (Wildman–Crippen MR) is 277 cm³/mol. The number of carbonyl (C=O) groups is 4. The fraction of sp³-hybridized carbons (Fsp3) is 0.464. The Morgan fingerprint density at radius 2 is 0.931 bits per heavy atom. The Morgan fingerprint density at radius 3 is 1.29 bits per heavy atom. The molecule has 2 aromatic heterocycles. The van der Waals surface area contributed by atoms with Gasteiger partial charge in [-0.25, -0.2) is 0 Å². The maximum absolute atomic E-state index is 12.9. The first-order chi connectivity index (χ1) is 34.9. The fourth-order valence-corrected chi connectivity index (χ4v) is 10.6. The van der Waals surface area contributed by atoms with Crippen molar-refractivity contribution in [3.8, 4) is 0 Å². The van der Waals surface area contributed by atoms with E-state index in [2.05, 4.69) is 12.4 Å². The Kier molecular flexibility index (Phi) is 17.2. The van der Waals surface area contributed by atoms with Crippen LogP contribution in [0.1, 0.15) is 104 Å². The molecule has 0 radical (unpaired) electrons. The monoisotopic (exact) mass is 1020 g/mol. The molecular weight excluding hydrogens is 956 g/mol. The quantitative estimate of drug-likeness (QED) is 0.0967. The van der Waals surface area contributed by atoms with E-state index in [-0.39, 0.29) is 35.6 Å². The number of carbonyl (C=O) groups excluding carboxylic acids is 4. The second-order valence-electron chi connectivity index (χ2n) is 19.6. The summed E-state index contributed by atoms with van der Waals surface area (Å²) in [6.07, 6.45) is 10.1. The summed E-state index contributed by atoms with van der Waals surface area (Å²) in [6.45, 7) is 12.1. The molecule has 10 rings (SSSR count). The van der Waals surface area contributed by atoms with Crippen molar-refractivity contribution in [1.82, 2.24) is 29.4 Å². The molecule has 6 heterocycles. The van der Waals surface area contributed by atoms with Crippen LogP contribution < -0.4 is 0 Å². The molecule has 2 atom stereocenters. The van der Waals surface area contributed by atoms with Gasteiger partial charge in [-0.3, -0.25) is 28.5 Å². The zero-order chi connectivity index (χ0) is 50.1. The van der Waals surface area contributed by atoms with Crippen molar-refractivity contribution in [2.75, 3.05) is 65.8 Å². The van der Waals surface area contributed by atoms with E-state index in [0.29, 0.717) is 98.3 Å². The molecule has 4 aliphatic rings. The van der Waals surface area contributed by atoms with E-state index in [1.807, 2.05) is 57.3 Å². The number of hydrogen-bond donors (Lipinski definition) is 0. The van der Waals surface area contributed by atoms with Crippen molar-refractivity contribution in [1.29, 1.82) is 0 Å². The second kappa shape index (κ2) is 24.0. The Hall–Kier alpha value is -5.48. The summed E-state index contributed by atoms with van der Waals surface area (Å²) in [5, 5.41) is 12.9. The molecule has 14 nitrogen and oxygen atoms in total. The van der Waals surface area contributed by atoms with Crippen molar-refractivity contribution in [2.24, 2.45) is 11.8 Å². The number of nitrogens with zero attached hydrogens (tertiary/aromatic N) is 6. The molecule has 0 N–H and O–H groups in total. The summed E-state index contributed by atoms with van der Waals surface area (Å²) in [5.74, 6) is 1.29. The molecule has 4 saturated heterocycles. The van der Waals surface area contributed by atoms with Crippen molar-refractivity contribution in [3.05, 3.63) is 129 Å². The van der Waals surface area contributed by atoms with Gasteiger partial charge in [0.2, 0.25) is 0 Å². The Balaban J connectivity index is 0.000000178. The van der Waals surface area contributed by atoms with Crippen LogP contribution in [0.5, 0.6) is 0 Å². The highest BCUT2D eigenvalue weighted by Crippen LogP contribution is 2.28. The highest BCUT2D eigenvalue weighted by molar-refractivity contribution is 6.31. The van der Waals surface area contributed by atoms with Gasteiger partial charge in [-0.2, -0.15) is 10.2 Å². The maximum atomic E-state index is 12.9. The highest BCUT2D eigenvalue weighted by atomic mass is 35.5. The molecule has 4 aliphatic heterocycles. The zero-order valence-electron chi connectivity index (χ0n) is 41.2. The number of fused-ring (bicyclic) bond motifs is 2. The number of likely N-dealkylation sites (tertiary alicyclic amines) is 2. The molecular formula is C56H64Cl2N6O8. The molecule has 0 unspecified atom stereocenters. The van der Waals surface area contributed by atoms with Gasteiger partial charge < -0.3 is 28.7 Å². The summed E-state index contributed by atoms with van der Waals surface area (Å²) in [5.41, 5.74) is 6.64. The third-order valence-electron chi connectivity index (χ3n) is 14.6. The van der Waals surface area contributed by atoms with E-state index in [1.165, 1.54) is 0 Å². The van der Waals surface area contributed by atoms with Crippen LogP contribution in [0.2, 0.25) is 10.0 Å². The SMILES string of the molecule is Cc1c(C(=O)CC[C@@H]2COCCO2)ccc2nn(CC3CCN(C(=O)c4ccc(Cl)cc4)CC3)cc12.Cc1c(C(=O)CC[C@H]2COCCO2)ccc2nn(CC3CCN(C(=O)c4ccc(Cl)cc4)CC3)cc12. The number of aromatic nitrogens is 4. The Morgan fingerprint density at radius 1 is 0.542 bits per heavy atom. The molecule has 2 amide bonds. The van der Waals surface area contributed by atoms with Gasteiger partial charge in [0.25, 0.3) is 11.8 Å². The first kappa shape index (κ1) is 51.4. The first-order valence-electron chi connectivity index (χ1n) is 25.4. The minimum atomic E-state index is 0.00221. The van der Waals surface area contributed by atoms with E-state index < -0.39 is 0 Å². The minimum Gasteiger partial charge on any atom is -0.376 e. The molecule has 16 heteroatoms. The lowest BCUT2D eigenvalue weighted by molar-refractivity contribution is -0.0902. The largest absolute Gasteiger partial charge is 0.376 e. The second-order valence-corrected chi connectivity index (χ2v) is 20.5. The highest BCUT2D eigenvalue weighted by Gasteiger charge is 2.27. The smallest absolute Gasteiger partial charge is 0.253 e. The summed E-state index contributed by atoms with van der Waals surface area (Å²) >= 11 is 11.9. The van der Waals surface area contributed by atoms with E-state index >= 15 is 0 Å². The number of ketones is 2. The van der Waals surface area contributed by atoms with Gasteiger partial charge in [0.1, 0.15) is 0 Å². The topological polar surface area (TPSA) is 147 Å². The number of amides is 2. The first-order valence-corrected chi connectivity index (χ1v) is 26.2. The maximum Gasteiger partial charge on any atom is 0.253 e. The van der Waals surface area contributed by atoms with E-state index in [9.17, 15) is 19.2 Å². The van der Waals surface area contributed by atoms with Crippen molar-refractivity contribution in [3.63, 3.8) is 0 Å². The number of piperidine rings is 2. The number of halogens is 2. The number of hydrogen-bond acceptors (Lipinski definition) is 10. The van der Waals surface area contributed by atoms with Gasteiger partial charge in [0.15, 0.2) is 11.6 Å². The molecule has 0 bridgehead atoms.